The van der Waals surface area contributed by atoms with E-state index in [-0.39, 0.29) is 18.1 Å². The molecule has 2 N–H and O–H groups in total. The Morgan fingerprint density at radius 2 is 1.97 bits per heavy atom. The van der Waals surface area contributed by atoms with Gasteiger partial charge in [0.05, 0.1) is 12.8 Å². The lowest BCUT2D eigenvalue weighted by Crippen LogP contribution is -2.49. The molecule has 5 rings (SSSR count). The average Bonchev–Trinajstić information content (AvgIpc) is 3.14. The number of likely N-dealkylation sites (tertiary alicyclic amines) is 1. The van der Waals surface area contributed by atoms with E-state index >= 15 is 0 Å². The SMILES string of the molecule is COc1cccc(C[C@H]2[C@H]3C[C@H](CN(Cc4c(C)n[nH]c4C)C3)c3cccc(=O)n32)c1.O=CO. The maximum atomic E-state index is 13.0. The number of nitrogens with one attached hydrogen (secondary N) is 1. The number of hydrogen-bond acceptors (Lipinski definition) is 5. The molecule has 180 valence electrons. The minimum atomic E-state index is -0.250. The van der Waals surface area contributed by atoms with Crippen LogP contribution in [0.4, 0.5) is 0 Å². The third-order valence-corrected chi connectivity index (χ3v) is 7.12. The number of aromatic amines is 1. The molecule has 1 fully saturated rings. The highest BCUT2D eigenvalue weighted by Crippen LogP contribution is 2.43. The van der Waals surface area contributed by atoms with E-state index in [0.29, 0.717) is 11.8 Å². The van der Waals surface area contributed by atoms with Crippen LogP contribution >= 0.6 is 0 Å². The molecule has 2 bridgehead atoms. The Kier molecular flexibility index (Phi) is 7.17. The van der Waals surface area contributed by atoms with Crippen molar-refractivity contribution in [1.82, 2.24) is 19.7 Å². The Hall–Kier alpha value is -3.39. The summed E-state index contributed by atoms with van der Waals surface area (Å²) in [6, 6.07) is 14.2. The number of aromatic nitrogens is 3. The number of nitrogens with zero attached hydrogens (tertiary/aromatic N) is 3. The second-order valence-corrected chi connectivity index (χ2v) is 9.19. The van der Waals surface area contributed by atoms with Gasteiger partial charge in [-0.25, -0.2) is 0 Å². The Morgan fingerprint density at radius 3 is 2.68 bits per heavy atom. The van der Waals surface area contributed by atoms with Gasteiger partial charge < -0.3 is 14.4 Å². The minimum Gasteiger partial charge on any atom is -0.497 e. The number of aryl methyl sites for hydroxylation is 2. The van der Waals surface area contributed by atoms with Crippen molar-refractivity contribution in [3.63, 3.8) is 0 Å². The summed E-state index contributed by atoms with van der Waals surface area (Å²) in [5, 5.41) is 14.4. The molecule has 0 saturated carbocycles. The summed E-state index contributed by atoms with van der Waals surface area (Å²) in [5.74, 6) is 1.69. The number of rotatable bonds is 5. The lowest BCUT2D eigenvalue weighted by molar-refractivity contribution is -0.122. The third kappa shape index (κ3) is 4.77. The van der Waals surface area contributed by atoms with E-state index in [0.717, 1.165) is 49.6 Å². The van der Waals surface area contributed by atoms with Crippen LogP contribution in [0.5, 0.6) is 5.75 Å². The number of carbonyl (C=O) groups is 1. The highest BCUT2D eigenvalue weighted by molar-refractivity contribution is 5.32. The number of piperidine rings is 1. The van der Waals surface area contributed by atoms with Crippen LogP contribution in [0.3, 0.4) is 0 Å². The van der Waals surface area contributed by atoms with Crippen LogP contribution in [-0.2, 0) is 17.8 Å². The van der Waals surface area contributed by atoms with Gasteiger partial charge in [0.2, 0.25) is 0 Å². The van der Waals surface area contributed by atoms with Gasteiger partial charge in [0.25, 0.3) is 12.0 Å². The fraction of sp³-hybridized carbons (Fsp3) is 0.423. The minimum absolute atomic E-state index is 0.120. The van der Waals surface area contributed by atoms with Gasteiger partial charge in [0.1, 0.15) is 5.75 Å². The molecule has 34 heavy (non-hydrogen) atoms. The summed E-state index contributed by atoms with van der Waals surface area (Å²) >= 11 is 0. The Bertz CT molecular complexity index is 1180. The van der Waals surface area contributed by atoms with E-state index in [1.54, 1.807) is 13.2 Å². The lowest BCUT2D eigenvalue weighted by atomic mass is 9.76. The van der Waals surface area contributed by atoms with E-state index in [1.165, 1.54) is 16.8 Å². The standard InChI is InChI=1S/C25H30N4O2.CH2O2/c1-16-22(17(2)27-26-16)15-28-13-19-12-20(14-28)24(29-23(19)8-5-9-25(29)30)11-18-6-4-7-21(10-18)31-3;2-1-3/h4-10,19-20,24H,11-15H2,1-3H3,(H,26,27);1H,(H,2,3)/t19-,20+,24+;/m1./s1. The number of hydrogen-bond donors (Lipinski definition) is 2. The van der Waals surface area contributed by atoms with Crippen molar-refractivity contribution in [2.45, 2.75) is 45.2 Å². The normalized spacial score (nSPS) is 21.2. The van der Waals surface area contributed by atoms with Gasteiger partial charge in [-0.05, 0) is 56.4 Å². The molecular weight excluding hydrogens is 432 g/mol. The van der Waals surface area contributed by atoms with E-state index in [1.807, 2.05) is 18.2 Å². The molecule has 2 aliphatic rings. The van der Waals surface area contributed by atoms with E-state index in [4.69, 9.17) is 14.6 Å². The molecule has 3 atom stereocenters. The quantitative estimate of drug-likeness (QED) is 0.562. The van der Waals surface area contributed by atoms with Crippen LogP contribution in [0.15, 0.2) is 47.3 Å². The van der Waals surface area contributed by atoms with Gasteiger partial charge in [-0.3, -0.25) is 19.6 Å². The second-order valence-electron chi connectivity index (χ2n) is 9.19. The van der Waals surface area contributed by atoms with Crippen LogP contribution in [0, 0.1) is 19.8 Å². The smallest absolute Gasteiger partial charge is 0.290 e. The molecule has 3 aromatic rings. The Balaban J connectivity index is 0.000000868. The monoisotopic (exact) mass is 464 g/mol. The first-order chi connectivity index (χ1) is 16.4. The summed E-state index contributed by atoms with van der Waals surface area (Å²) in [6.45, 7) is 6.81. The zero-order valence-electron chi connectivity index (χ0n) is 19.9. The van der Waals surface area contributed by atoms with Crippen molar-refractivity contribution in [2.75, 3.05) is 20.2 Å². The number of ether oxygens (including phenoxy) is 1. The van der Waals surface area contributed by atoms with Crippen molar-refractivity contribution in [1.29, 1.82) is 0 Å². The maximum absolute atomic E-state index is 13.0. The average molecular weight is 465 g/mol. The van der Waals surface area contributed by atoms with E-state index in [9.17, 15) is 4.79 Å². The van der Waals surface area contributed by atoms with Gasteiger partial charge in [0.15, 0.2) is 0 Å². The molecule has 2 aromatic heterocycles. The molecule has 4 heterocycles. The summed E-state index contributed by atoms with van der Waals surface area (Å²) in [5.41, 5.74) is 6.05. The molecule has 1 aromatic carbocycles. The molecule has 0 spiro atoms. The van der Waals surface area contributed by atoms with Crippen LogP contribution < -0.4 is 10.3 Å². The van der Waals surface area contributed by atoms with Gasteiger partial charge in [-0.2, -0.15) is 5.10 Å². The summed E-state index contributed by atoms with van der Waals surface area (Å²) < 4.78 is 7.52. The van der Waals surface area contributed by atoms with Gasteiger partial charge >= 0.3 is 0 Å². The highest BCUT2D eigenvalue weighted by atomic mass is 16.5. The zero-order valence-corrected chi connectivity index (χ0v) is 19.9. The molecule has 0 unspecified atom stereocenters. The van der Waals surface area contributed by atoms with Crippen molar-refractivity contribution >= 4 is 6.47 Å². The van der Waals surface area contributed by atoms with E-state index in [2.05, 4.69) is 51.7 Å². The van der Waals surface area contributed by atoms with Crippen molar-refractivity contribution in [2.24, 2.45) is 5.92 Å². The van der Waals surface area contributed by atoms with Gasteiger partial charge in [-0.1, -0.05) is 18.2 Å². The number of H-pyrrole nitrogens is 1. The first-order valence-electron chi connectivity index (χ1n) is 11.6. The number of methoxy groups -OCH3 is 1. The molecule has 8 heteroatoms. The number of pyridine rings is 1. The molecule has 8 nitrogen and oxygen atoms in total. The molecule has 0 amide bonds. The summed E-state index contributed by atoms with van der Waals surface area (Å²) in [6.07, 6.45) is 1.97. The van der Waals surface area contributed by atoms with Crippen molar-refractivity contribution in [3.05, 3.63) is 81.0 Å². The molecule has 2 aliphatic heterocycles. The number of fused-ring (bicyclic) bond motifs is 4. The van der Waals surface area contributed by atoms with E-state index < -0.39 is 0 Å². The van der Waals surface area contributed by atoms with Crippen LogP contribution in [0.1, 0.15) is 46.6 Å². The molecule has 1 saturated heterocycles. The maximum Gasteiger partial charge on any atom is 0.290 e. The topological polar surface area (TPSA) is 100 Å². The van der Waals surface area contributed by atoms with Crippen LogP contribution in [-0.4, -0.2) is 51.4 Å². The van der Waals surface area contributed by atoms with Crippen LogP contribution in [0.2, 0.25) is 0 Å². The Labute approximate surface area is 199 Å². The van der Waals surface area contributed by atoms with Gasteiger partial charge in [-0.15, -0.1) is 0 Å². The first kappa shape index (κ1) is 23.8. The van der Waals surface area contributed by atoms with Crippen molar-refractivity contribution < 1.29 is 14.6 Å². The number of carboxylic acid groups (broad SMARTS) is 1. The largest absolute Gasteiger partial charge is 0.497 e. The zero-order chi connectivity index (χ0) is 24.2. The highest BCUT2D eigenvalue weighted by Gasteiger charge is 2.40. The predicted molar refractivity (Wildman–Crippen MR) is 129 cm³/mol. The fourth-order valence-corrected chi connectivity index (χ4v) is 5.60. The first-order valence-corrected chi connectivity index (χ1v) is 11.6. The number of benzene rings is 1. The van der Waals surface area contributed by atoms with Crippen molar-refractivity contribution in [3.8, 4) is 5.75 Å². The molecule has 0 aliphatic carbocycles. The predicted octanol–water partition coefficient (Wildman–Crippen LogP) is 3.30. The Morgan fingerprint density at radius 1 is 1.21 bits per heavy atom. The second kappa shape index (κ2) is 10.3. The third-order valence-electron chi connectivity index (χ3n) is 7.12. The van der Waals surface area contributed by atoms with Crippen LogP contribution in [0.25, 0.3) is 0 Å². The fourth-order valence-electron chi connectivity index (χ4n) is 5.60. The lowest BCUT2D eigenvalue weighted by Gasteiger charge is -2.47. The van der Waals surface area contributed by atoms with Gasteiger partial charge in [0, 0.05) is 54.6 Å². The summed E-state index contributed by atoms with van der Waals surface area (Å²) in [7, 11) is 1.70. The molecule has 0 radical (unpaired) electrons. The molecular formula is C26H32N4O4. The summed E-state index contributed by atoms with van der Waals surface area (Å²) in [4.78, 5) is 23.9.